The molecule has 0 bridgehead atoms. The highest BCUT2D eigenvalue weighted by Gasteiger charge is 2.20. The molecule has 5 heteroatoms. The Bertz CT molecular complexity index is 428. The van der Waals surface area contributed by atoms with E-state index in [1.54, 1.807) is 11.8 Å². The summed E-state index contributed by atoms with van der Waals surface area (Å²) in [7, 11) is 3.71. The van der Waals surface area contributed by atoms with E-state index in [1.165, 1.54) is 0 Å². The van der Waals surface area contributed by atoms with Crippen molar-refractivity contribution in [2.75, 3.05) is 31.4 Å². The van der Waals surface area contributed by atoms with Crippen molar-refractivity contribution in [1.29, 1.82) is 0 Å². The first-order chi connectivity index (χ1) is 9.57. The zero-order valence-corrected chi connectivity index (χ0v) is 13.9. The van der Waals surface area contributed by atoms with Crippen molar-refractivity contribution < 1.29 is 4.79 Å². The maximum atomic E-state index is 12.6. The van der Waals surface area contributed by atoms with E-state index in [9.17, 15) is 4.79 Å². The highest BCUT2D eigenvalue weighted by atomic mass is 32.2. The van der Waals surface area contributed by atoms with Gasteiger partial charge in [-0.1, -0.05) is 13.8 Å². The van der Waals surface area contributed by atoms with E-state index in [-0.39, 0.29) is 11.9 Å². The van der Waals surface area contributed by atoms with E-state index in [1.807, 2.05) is 38.1 Å². The molecule has 20 heavy (non-hydrogen) atoms. The van der Waals surface area contributed by atoms with Crippen LogP contribution >= 0.6 is 11.8 Å². The second kappa shape index (κ2) is 8.15. The van der Waals surface area contributed by atoms with Gasteiger partial charge in [-0.3, -0.25) is 4.79 Å². The van der Waals surface area contributed by atoms with Crippen molar-refractivity contribution in [1.82, 2.24) is 9.88 Å². The molecule has 112 valence electrons. The van der Waals surface area contributed by atoms with Crippen molar-refractivity contribution in [2.45, 2.75) is 32.7 Å². The topological polar surface area (TPSA) is 45.2 Å². The van der Waals surface area contributed by atoms with Crippen molar-refractivity contribution in [2.24, 2.45) is 0 Å². The van der Waals surface area contributed by atoms with Crippen LogP contribution in [0.3, 0.4) is 0 Å². The van der Waals surface area contributed by atoms with Gasteiger partial charge in [-0.15, -0.1) is 0 Å². The van der Waals surface area contributed by atoms with Crippen LogP contribution < -0.4 is 5.32 Å². The van der Waals surface area contributed by atoms with Gasteiger partial charge < -0.3 is 10.2 Å². The normalized spacial score (nSPS) is 12.1. The fraction of sp³-hybridized carbons (Fsp3) is 0.600. The number of nitrogens with zero attached hydrogens (tertiary/aromatic N) is 2. The Morgan fingerprint density at radius 1 is 1.45 bits per heavy atom. The molecule has 1 unspecified atom stereocenters. The molecule has 0 spiro atoms. The lowest BCUT2D eigenvalue weighted by Gasteiger charge is -2.27. The number of thioether (sulfide) groups is 1. The van der Waals surface area contributed by atoms with Gasteiger partial charge in [0.1, 0.15) is 5.82 Å². The van der Waals surface area contributed by atoms with E-state index >= 15 is 0 Å². The van der Waals surface area contributed by atoms with Gasteiger partial charge in [0.15, 0.2) is 0 Å². The molecule has 0 aliphatic carbocycles. The molecule has 0 aromatic carbocycles. The number of aromatic nitrogens is 1. The molecule has 4 nitrogen and oxygen atoms in total. The van der Waals surface area contributed by atoms with Crippen molar-refractivity contribution in [3.05, 3.63) is 23.4 Å². The second-order valence-electron chi connectivity index (χ2n) is 4.77. The van der Waals surface area contributed by atoms with Crippen LogP contribution in [0.5, 0.6) is 0 Å². The van der Waals surface area contributed by atoms with E-state index in [4.69, 9.17) is 0 Å². The zero-order valence-electron chi connectivity index (χ0n) is 13.1. The van der Waals surface area contributed by atoms with Gasteiger partial charge in [-0.2, -0.15) is 11.8 Å². The van der Waals surface area contributed by atoms with Crippen molar-refractivity contribution >= 4 is 23.5 Å². The number of hydrogen-bond acceptors (Lipinski definition) is 4. The quantitative estimate of drug-likeness (QED) is 0.840. The largest absolute Gasteiger partial charge is 0.373 e. The molecule has 0 saturated heterocycles. The summed E-state index contributed by atoms with van der Waals surface area (Å²) in [5.74, 6) is 1.78. The number of aryl methyl sites for hydroxylation is 1. The van der Waals surface area contributed by atoms with E-state index in [0.717, 1.165) is 30.1 Å². The number of carbonyl (C=O) groups is 1. The molecule has 1 N–H and O–H groups in total. The maximum absolute atomic E-state index is 12.6. The Morgan fingerprint density at radius 3 is 2.65 bits per heavy atom. The summed E-state index contributed by atoms with van der Waals surface area (Å²) in [6, 6.07) is 3.99. The number of hydrogen-bond donors (Lipinski definition) is 1. The number of pyridine rings is 1. The molecule has 0 radical (unpaired) electrons. The lowest BCUT2D eigenvalue weighted by Crippen LogP contribution is -2.38. The zero-order chi connectivity index (χ0) is 15.1. The van der Waals surface area contributed by atoms with Gasteiger partial charge in [-0.25, -0.2) is 4.98 Å². The lowest BCUT2D eigenvalue weighted by atomic mass is 10.1. The third kappa shape index (κ3) is 4.13. The summed E-state index contributed by atoms with van der Waals surface area (Å²) in [4.78, 5) is 18.9. The SMILES string of the molecule is CCc1cc(C(=O)N(C)C(CC)CSC)cc(NC)n1. The second-order valence-corrected chi connectivity index (χ2v) is 5.68. The van der Waals surface area contributed by atoms with Gasteiger partial charge in [0.2, 0.25) is 0 Å². The van der Waals surface area contributed by atoms with Crippen LogP contribution in [0.1, 0.15) is 36.3 Å². The Hall–Kier alpha value is -1.23. The number of nitrogens with one attached hydrogen (secondary N) is 1. The predicted molar refractivity (Wildman–Crippen MR) is 87.7 cm³/mol. The Morgan fingerprint density at radius 2 is 2.15 bits per heavy atom. The Balaban J connectivity index is 3.00. The van der Waals surface area contributed by atoms with Gasteiger partial charge in [0.05, 0.1) is 0 Å². The average Bonchev–Trinajstić information content (AvgIpc) is 2.50. The van der Waals surface area contributed by atoms with Crippen LogP contribution in [-0.2, 0) is 6.42 Å². The van der Waals surface area contributed by atoms with Gasteiger partial charge >= 0.3 is 0 Å². The molecular weight excluding hydrogens is 270 g/mol. The Labute approximate surface area is 126 Å². The van der Waals surface area contributed by atoms with Crippen LogP contribution in [0.2, 0.25) is 0 Å². The highest BCUT2D eigenvalue weighted by molar-refractivity contribution is 7.98. The first-order valence-electron chi connectivity index (χ1n) is 7.02. The summed E-state index contributed by atoms with van der Waals surface area (Å²) in [6.45, 7) is 4.16. The molecule has 1 aromatic rings. The maximum Gasteiger partial charge on any atom is 0.254 e. The monoisotopic (exact) mass is 295 g/mol. The number of carbonyl (C=O) groups excluding carboxylic acids is 1. The van der Waals surface area contributed by atoms with Crippen LogP contribution in [0.4, 0.5) is 5.82 Å². The molecule has 1 rings (SSSR count). The third-order valence-corrected chi connectivity index (χ3v) is 4.16. The Kier molecular flexibility index (Phi) is 6.85. The first-order valence-corrected chi connectivity index (χ1v) is 8.41. The molecule has 0 fully saturated rings. The van der Waals surface area contributed by atoms with E-state index in [2.05, 4.69) is 23.5 Å². The van der Waals surface area contributed by atoms with Crippen LogP contribution in [0.25, 0.3) is 0 Å². The average molecular weight is 295 g/mol. The van der Waals surface area contributed by atoms with Crippen molar-refractivity contribution in [3.63, 3.8) is 0 Å². The molecule has 1 heterocycles. The molecule has 0 aliphatic rings. The van der Waals surface area contributed by atoms with Crippen molar-refractivity contribution in [3.8, 4) is 0 Å². The highest BCUT2D eigenvalue weighted by Crippen LogP contribution is 2.16. The van der Waals surface area contributed by atoms with E-state index in [0.29, 0.717) is 5.56 Å². The molecule has 0 saturated carbocycles. The number of amides is 1. The fourth-order valence-electron chi connectivity index (χ4n) is 2.09. The summed E-state index contributed by atoms with van der Waals surface area (Å²) >= 11 is 1.77. The van der Waals surface area contributed by atoms with Gasteiger partial charge in [-0.05, 0) is 31.2 Å². The first kappa shape index (κ1) is 16.8. The summed E-state index contributed by atoms with van der Waals surface area (Å²) in [6.07, 6.45) is 3.86. The van der Waals surface area contributed by atoms with Crippen LogP contribution in [-0.4, -0.2) is 47.9 Å². The minimum atomic E-state index is 0.0690. The summed E-state index contributed by atoms with van der Waals surface area (Å²) in [5, 5.41) is 3.02. The standard InChI is InChI=1S/C15H25N3OS/c1-6-12-8-11(9-14(16-3)17-12)15(19)18(4)13(7-2)10-20-5/h8-9,13H,6-7,10H2,1-5H3,(H,16,17). The fourth-order valence-corrected chi connectivity index (χ4v) is 2.93. The molecule has 1 atom stereocenters. The smallest absolute Gasteiger partial charge is 0.254 e. The minimum absolute atomic E-state index is 0.0690. The number of rotatable bonds is 7. The molecule has 1 aromatic heterocycles. The number of anilines is 1. The van der Waals surface area contributed by atoms with Crippen LogP contribution in [0, 0.1) is 0 Å². The molecule has 1 amide bonds. The summed E-state index contributed by atoms with van der Waals surface area (Å²) in [5.41, 5.74) is 1.65. The summed E-state index contributed by atoms with van der Waals surface area (Å²) < 4.78 is 0. The van der Waals surface area contributed by atoms with Crippen LogP contribution in [0.15, 0.2) is 12.1 Å². The van der Waals surface area contributed by atoms with Gasteiger partial charge in [0.25, 0.3) is 5.91 Å². The van der Waals surface area contributed by atoms with E-state index < -0.39 is 0 Å². The minimum Gasteiger partial charge on any atom is -0.373 e. The lowest BCUT2D eigenvalue weighted by molar-refractivity contribution is 0.0743. The molecule has 0 aliphatic heterocycles. The van der Waals surface area contributed by atoms with Gasteiger partial charge in [0, 0.05) is 37.1 Å². The molecular formula is C15H25N3OS. The predicted octanol–water partition coefficient (Wildman–Crippen LogP) is 2.90. The third-order valence-electron chi connectivity index (χ3n) is 3.44.